The molecular formula is C17H16N4OS2. The van der Waals surface area contributed by atoms with Gasteiger partial charge in [-0.25, -0.2) is 4.98 Å². The molecule has 0 fully saturated rings. The van der Waals surface area contributed by atoms with E-state index in [1.807, 2.05) is 47.3 Å². The molecule has 0 aliphatic heterocycles. The molecule has 0 atom stereocenters. The minimum atomic E-state index is -0.0385. The van der Waals surface area contributed by atoms with Crippen LogP contribution in [0.2, 0.25) is 0 Å². The number of fused-ring (bicyclic) bond motifs is 3. The molecule has 0 bridgehead atoms. The number of carbonyl (C=O) groups is 1. The summed E-state index contributed by atoms with van der Waals surface area (Å²) in [6.45, 7) is 1.36. The number of benzene rings is 1. The molecule has 0 saturated carbocycles. The van der Waals surface area contributed by atoms with Crippen LogP contribution in [0.1, 0.15) is 9.67 Å². The van der Waals surface area contributed by atoms with Crippen molar-refractivity contribution in [2.24, 2.45) is 0 Å². The van der Waals surface area contributed by atoms with E-state index in [1.54, 1.807) is 11.3 Å². The van der Waals surface area contributed by atoms with Crippen LogP contribution >= 0.6 is 22.7 Å². The minimum Gasteiger partial charge on any atom is -0.373 e. The Hall–Kier alpha value is -2.38. The first-order chi connectivity index (χ1) is 11.7. The molecule has 0 saturated heterocycles. The van der Waals surface area contributed by atoms with Gasteiger partial charge in [-0.05, 0) is 18.2 Å². The van der Waals surface area contributed by atoms with Gasteiger partial charge < -0.3 is 10.2 Å². The number of nitrogens with zero attached hydrogens (tertiary/aromatic N) is 3. The van der Waals surface area contributed by atoms with E-state index in [1.165, 1.54) is 11.3 Å². The Morgan fingerprint density at radius 3 is 3.00 bits per heavy atom. The highest BCUT2D eigenvalue weighted by molar-refractivity contribution is 7.21. The van der Waals surface area contributed by atoms with Gasteiger partial charge in [0.05, 0.1) is 10.4 Å². The summed E-state index contributed by atoms with van der Waals surface area (Å²) in [5.41, 5.74) is 2.14. The van der Waals surface area contributed by atoms with E-state index >= 15 is 0 Å². The fraction of sp³-hybridized carbons (Fsp3) is 0.176. The number of likely N-dealkylation sites (N-methyl/N-ethyl adjacent to an activating group) is 1. The molecule has 1 amide bonds. The number of thiazole rings is 1. The maximum Gasteiger partial charge on any atom is 0.261 e. The highest BCUT2D eigenvalue weighted by Crippen LogP contribution is 2.28. The average Bonchev–Trinajstić information content (AvgIpc) is 3.27. The lowest BCUT2D eigenvalue weighted by atomic mass is 10.3. The third-order valence-electron chi connectivity index (χ3n) is 3.89. The third kappa shape index (κ3) is 2.76. The summed E-state index contributed by atoms with van der Waals surface area (Å²) in [6.07, 6.45) is 1.98. The molecule has 122 valence electrons. The standard InChI is InChI=1S/C17H16N4OS2/c1-20(12-5-3-2-4-6-12)8-7-18-15(22)14-11-13-16(24-14)19-17-21(13)9-10-23-17/h2-6,9-11H,7-8H2,1H3,(H,18,22). The van der Waals surface area contributed by atoms with E-state index in [9.17, 15) is 4.79 Å². The zero-order valence-corrected chi connectivity index (χ0v) is 14.7. The molecule has 5 nitrogen and oxygen atoms in total. The number of amides is 1. The number of rotatable bonds is 5. The summed E-state index contributed by atoms with van der Waals surface area (Å²) in [5.74, 6) is -0.0385. The Morgan fingerprint density at radius 1 is 1.33 bits per heavy atom. The maximum atomic E-state index is 12.4. The molecule has 0 unspecified atom stereocenters. The second-order valence-corrected chi connectivity index (χ2v) is 7.39. The van der Waals surface area contributed by atoms with Gasteiger partial charge in [0.2, 0.25) is 0 Å². The Bertz CT molecular complexity index is 986. The lowest BCUT2D eigenvalue weighted by Crippen LogP contribution is -2.32. The number of aromatic nitrogens is 2. The smallest absolute Gasteiger partial charge is 0.261 e. The van der Waals surface area contributed by atoms with Crippen LogP contribution in [0.25, 0.3) is 15.3 Å². The van der Waals surface area contributed by atoms with Gasteiger partial charge in [0.15, 0.2) is 4.96 Å². The van der Waals surface area contributed by atoms with Gasteiger partial charge in [-0.15, -0.1) is 22.7 Å². The Morgan fingerprint density at radius 2 is 2.17 bits per heavy atom. The van der Waals surface area contributed by atoms with Crippen LogP contribution in [-0.2, 0) is 0 Å². The second-order valence-electron chi connectivity index (χ2n) is 5.48. The lowest BCUT2D eigenvalue weighted by molar-refractivity contribution is 0.0959. The van der Waals surface area contributed by atoms with Crippen molar-refractivity contribution in [2.75, 3.05) is 25.0 Å². The normalized spacial score (nSPS) is 11.2. The molecule has 7 heteroatoms. The fourth-order valence-electron chi connectivity index (χ4n) is 2.60. The minimum absolute atomic E-state index is 0.0385. The van der Waals surface area contributed by atoms with Crippen molar-refractivity contribution in [1.29, 1.82) is 0 Å². The maximum absolute atomic E-state index is 12.4. The molecule has 3 heterocycles. The monoisotopic (exact) mass is 356 g/mol. The Labute approximate surface area is 147 Å². The predicted octanol–water partition coefficient (Wildman–Crippen LogP) is 3.48. The van der Waals surface area contributed by atoms with Crippen LogP contribution in [0.4, 0.5) is 5.69 Å². The average molecular weight is 356 g/mol. The number of para-hydroxylation sites is 1. The summed E-state index contributed by atoms with van der Waals surface area (Å²) in [7, 11) is 2.02. The number of hydrogen-bond donors (Lipinski definition) is 1. The molecule has 0 aliphatic carbocycles. The summed E-state index contributed by atoms with van der Waals surface area (Å²) < 4.78 is 2.02. The zero-order chi connectivity index (χ0) is 16.5. The number of carbonyl (C=O) groups excluding carboxylic acids is 1. The first-order valence-electron chi connectivity index (χ1n) is 7.62. The number of nitrogens with one attached hydrogen (secondary N) is 1. The highest BCUT2D eigenvalue weighted by atomic mass is 32.1. The molecule has 24 heavy (non-hydrogen) atoms. The lowest BCUT2D eigenvalue weighted by Gasteiger charge is -2.19. The summed E-state index contributed by atoms with van der Waals surface area (Å²) in [5, 5.41) is 4.99. The van der Waals surface area contributed by atoms with Gasteiger partial charge in [0, 0.05) is 37.4 Å². The van der Waals surface area contributed by atoms with E-state index in [4.69, 9.17) is 0 Å². The first kappa shape index (κ1) is 15.2. The van der Waals surface area contributed by atoms with E-state index in [0.29, 0.717) is 11.4 Å². The van der Waals surface area contributed by atoms with Crippen molar-refractivity contribution < 1.29 is 4.79 Å². The van der Waals surface area contributed by atoms with Gasteiger partial charge in [0.25, 0.3) is 5.91 Å². The molecule has 3 aromatic heterocycles. The van der Waals surface area contributed by atoms with Gasteiger partial charge >= 0.3 is 0 Å². The molecule has 0 aliphatic rings. The van der Waals surface area contributed by atoms with E-state index in [0.717, 1.165) is 27.5 Å². The van der Waals surface area contributed by atoms with Crippen LogP contribution in [0.15, 0.2) is 48.0 Å². The van der Waals surface area contributed by atoms with Gasteiger partial charge in [-0.1, -0.05) is 18.2 Å². The molecule has 4 rings (SSSR count). The van der Waals surface area contributed by atoms with Crippen LogP contribution < -0.4 is 10.2 Å². The van der Waals surface area contributed by atoms with Crippen LogP contribution in [0.3, 0.4) is 0 Å². The van der Waals surface area contributed by atoms with Crippen molar-refractivity contribution >= 4 is 49.6 Å². The fourth-order valence-corrected chi connectivity index (χ4v) is 4.31. The largest absolute Gasteiger partial charge is 0.373 e. The van der Waals surface area contributed by atoms with E-state index in [-0.39, 0.29) is 5.91 Å². The quantitative estimate of drug-likeness (QED) is 0.596. The molecule has 1 aromatic carbocycles. The van der Waals surface area contributed by atoms with Gasteiger partial charge in [-0.2, -0.15) is 0 Å². The number of imidazole rings is 1. The van der Waals surface area contributed by atoms with E-state index in [2.05, 4.69) is 27.3 Å². The van der Waals surface area contributed by atoms with Crippen molar-refractivity contribution in [1.82, 2.24) is 14.7 Å². The van der Waals surface area contributed by atoms with Gasteiger partial charge in [-0.3, -0.25) is 9.20 Å². The number of hydrogen-bond acceptors (Lipinski definition) is 5. The Balaban J connectivity index is 1.40. The summed E-state index contributed by atoms with van der Waals surface area (Å²) in [4.78, 5) is 21.6. The molecular weight excluding hydrogens is 340 g/mol. The van der Waals surface area contributed by atoms with Crippen molar-refractivity contribution in [2.45, 2.75) is 0 Å². The van der Waals surface area contributed by atoms with Crippen LogP contribution in [-0.4, -0.2) is 35.4 Å². The molecule has 0 spiro atoms. The Kier molecular flexibility index (Phi) is 3.95. The van der Waals surface area contributed by atoms with Crippen LogP contribution in [0.5, 0.6) is 0 Å². The van der Waals surface area contributed by atoms with Crippen molar-refractivity contribution in [3.8, 4) is 0 Å². The summed E-state index contributed by atoms with van der Waals surface area (Å²) in [6, 6.07) is 12.1. The highest BCUT2D eigenvalue weighted by Gasteiger charge is 2.14. The van der Waals surface area contributed by atoms with Crippen molar-refractivity contribution in [3.63, 3.8) is 0 Å². The van der Waals surface area contributed by atoms with E-state index < -0.39 is 0 Å². The van der Waals surface area contributed by atoms with Crippen LogP contribution in [0, 0.1) is 0 Å². The number of anilines is 1. The van der Waals surface area contributed by atoms with Gasteiger partial charge in [0.1, 0.15) is 4.83 Å². The topological polar surface area (TPSA) is 49.6 Å². The van der Waals surface area contributed by atoms with Crippen molar-refractivity contribution in [3.05, 3.63) is 52.9 Å². The molecule has 1 N–H and O–H groups in total. The molecule has 0 radical (unpaired) electrons. The first-order valence-corrected chi connectivity index (χ1v) is 9.31. The second kappa shape index (κ2) is 6.26. The molecule has 4 aromatic rings. The summed E-state index contributed by atoms with van der Waals surface area (Å²) >= 11 is 3.04. The number of thiophene rings is 1. The SMILES string of the molecule is CN(CCNC(=O)c1cc2c(nc3sccn32)s1)c1ccccc1. The predicted molar refractivity (Wildman–Crippen MR) is 100 cm³/mol. The zero-order valence-electron chi connectivity index (χ0n) is 13.1. The third-order valence-corrected chi connectivity index (χ3v) is 5.67.